The van der Waals surface area contributed by atoms with Crippen molar-refractivity contribution < 1.29 is 9.53 Å². The molecule has 1 fully saturated rings. The molecule has 1 atom stereocenters. The monoisotopic (exact) mass is 238 g/mol. The summed E-state index contributed by atoms with van der Waals surface area (Å²) >= 11 is 5.83. The lowest BCUT2D eigenvalue weighted by Gasteiger charge is -2.22. The van der Waals surface area contributed by atoms with Crippen LogP contribution in [0, 0.1) is 5.41 Å². The Morgan fingerprint density at radius 1 is 1.31 bits per heavy atom. The van der Waals surface area contributed by atoms with Crippen LogP contribution >= 0.6 is 11.6 Å². The van der Waals surface area contributed by atoms with E-state index < -0.39 is 11.0 Å². The summed E-state index contributed by atoms with van der Waals surface area (Å²) in [4.78, 5) is 12.3. The largest absolute Gasteiger partial charge is 0.356 e. The smallest absolute Gasteiger partial charge is 0.176 e. The summed E-state index contributed by atoms with van der Waals surface area (Å²) in [6, 6.07) is 7.30. The zero-order valence-electron chi connectivity index (χ0n) is 9.71. The molecule has 0 bridgehead atoms. The summed E-state index contributed by atoms with van der Waals surface area (Å²) in [5, 5.41) is 0.669. The van der Waals surface area contributed by atoms with E-state index in [1.807, 2.05) is 32.9 Å². The third-order valence-corrected chi connectivity index (χ3v) is 3.04. The number of hydrogen-bond donors (Lipinski definition) is 0. The maximum atomic E-state index is 12.3. The molecular formula is C13H15ClO2. The molecule has 86 valence electrons. The summed E-state index contributed by atoms with van der Waals surface area (Å²) in [6.07, 6.45) is 0. The van der Waals surface area contributed by atoms with E-state index in [1.54, 1.807) is 12.1 Å². The standard InChI is InChI=1S/C13H15ClO2/c1-12(2,3)11(15)13(8-16-13)9-4-6-10(14)7-5-9/h4-7H,8H2,1-3H3. The van der Waals surface area contributed by atoms with Crippen molar-refractivity contribution in [3.05, 3.63) is 34.9 Å². The summed E-state index contributed by atoms with van der Waals surface area (Å²) in [5.41, 5.74) is -0.212. The van der Waals surface area contributed by atoms with Crippen LogP contribution in [-0.2, 0) is 15.1 Å². The fraction of sp³-hybridized carbons (Fsp3) is 0.462. The fourth-order valence-corrected chi connectivity index (χ4v) is 1.95. The van der Waals surface area contributed by atoms with Gasteiger partial charge in [0.05, 0.1) is 6.61 Å². The van der Waals surface area contributed by atoms with Gasteiger partial charge in [-0.2, -0.15) is 0 Å². The number of rotatable bonds is 2. The van der Waals surface area contributed by atoms with Crippen LogP contribution in [-0.4, -0.2) is 12.4 Å². The van der Waals surface area contributed by atoms with Crippen molar-refractivity contribution in [1.29, 1.82) is 0 Å². The Hall–Kier alpha value is -0.860. The topological polar surface area (TPSA) is 29.6 Å². The van der Waals surface area contributed by atoms with Crippen molar-refractivity contribution in [2.45, 2.75) is 26.4 Å². The van der Waals surface area contributed by atoms with Crippen LogP contribution in [0.1, 0.15) is 26.3 Å². The normalized spacial score (nSPS) is 24.2. The van der Waals surface area contributed by atoms with Crippen molar-refractivity contribution in [3.63, 3.8) is 0 Å². The molecule has 0 saturated carbocycles. The molecule has 0 radical (unpaired) electrons. The number of carbonyl (C=O) groups excluding carboxylic acids is 1. The lowest BCUT2D eigenvalue weighted by molar-refractivity contribution is -0.132. The van der Waals surface area contributed by atoms with E-state index in [1.165, 1.54) is 0 Å². The third kappa shape index (κ3) is 1.87. The first-order chi connectivity index (χ1) is 7.36. The molecule has 16 heavy (non-hydrogen) atoms. The zero-order valence-corrected chi connectivity index (χ0v) is 10.5. The van der Waals surface area contributed by atoms with Crippen LogP contribution in [0.5, 0.6) is 0 Å². The first-order valence-electron chi connectivity index (χ1n) is 5.31. The van der Waals surface area contributed by atoms with E-state index >= 15 is 0 Å². The molecule has 1 aliphatic heterocycles. The van der Waals surface area contributed by atoms with Gasteiger partial charge >= 0.3 is 0 Å². The van der Waals surface area contributed by atoms with Crippen LogP contribution in [0.15, 0.2) is 24.3 Å². The second-order valence-corrected chi connectivity index (χ2v) is 5.64. The highest BCUT2D eigenvalue weighted by atomic mass is 35.5. The second kappa shape index (κ2) is 3.57. The minimum absolute atomic E-state index is 0.127. The first-order valence-corrected chi connectivity index (χ1v) is 5.69. The van der Waals surface area contributed by atoms with Crippen molar-refractivity contribution in [1.82, 2.24) is 0 Å². The molecule has 1 aromatic carbocycles. The molecule has 0 N–H and O–H groups in total. The van der Waals surface area contributed by atoms with Crippen molar-refractivity contribution in [3.8, 4) is 0 Å². The predicted molar refractivity (Wildman–Crippen MR) is 63.5 cm³/mol. The molecule has 1 saturated heterocycles. The molecule has 0 amide bonds. The SMILES string of the molecule is CC(C)(C)C(=O)C1(c2ccc(Cl)cc2)CO1. The van der Waals surface area contributed by atoms with Crippen molar-refractivity contribution in [2.24, 2.45) is 5.41 Å². The molecular weight excluding hydrogens is 224 g/mol. The molecule has 0 aliphatic carbocycles. The lowest BCUT2D eigenvalue weighted by atomic mass is 9.80. The maximum absolute atomic E-state index is 12.3. The second-order valence-electron chi connectivity index (χ2n) is 5.20. The van der Waals surface area contributed by atoms with E-state index in [-0.39, 0.29) is 5.78 Å². The Morgan fingerprint density at radius 3 is 2.19 bits per heavy atom. The quantitative estimate of drug-likeness (QED) is 0.741. The van der Waals surface area contributed by atoms with E-state index in [4.69, 9.17) is 16.3 Å². The van der Waals surface area contributed by atoms with Crippen LogP contribution in [0.2, 0.25) is 5.02 Å². The number of ketones is 1. The van der Waals surface area contributed by atoms with Gasteiger partial charge in [-0.05, 0) is 17.7 Å². The number of Topliss-reactive ketones (excluding diaryl/α,β-unsaturated/α-hetero) is 1. The van der Waals surface area contributed by atoms with Gasteiger partial charge in [-0.1, -0.05) is 44.5 Å². The van der Waals surface area contributed by atoms with Gasteiger partial charge in [0.2, 0.25) is 0 Å². The minimum Gasteiger partial charge on any atom is -0.356 e. The van der Waals surface area contributed by atoms with Gasteiger partial charge in [0, 0.05) is 10.4 Å². The van der Waals surface area contributed by atoms with Gasteiger partial charge in [-0.3, -0.25) is 4.79 Å². The fourth-order valence-electron chi connectivity index (χ4n) is 1.83. The molecule has 2 rings (SSSR count). The highest BCUT2D eigenvalue weighted by molar-refractivity contribution is 6.30. The van der Waals surface area contributed by atoms with Crippen LogP contribution in [0.4, 0.5) is 0 Å². The molecule has 2 nitrogen and oxygen atoms in total. The minimum atomic E-state index is -0.719. The van der Waals surface area contributed by atoms with Gasteiger partial charge in [0.25, 0.3) is 0 Å². The first kappa shape index (κ1) is 11.6. The van der Waals surface area contributed by atoms with Crippen molar-refractivity contribution >= 4 is 17.4 Å². The number of hydrogen-bond acceptors (Lipinski definition) is 2. The van der Waals surface area contributed by atoms with Gasteiger partial charge in [-0.15, -0.1) is 0 Å². The Morgan fingerprint density at radius 2 is 1.81 bits per heavy atom. The number of halogens is 1. The molecule has 1 heterocycles. The summed E-state index contributed by atoms with van der Waals surface area (Å²) < 4.78 is 5.42. The number of epoxide rings is 1. The van der Waals surface area contributed by atoms with Crippen LogP contribution in [0.3, 0.4) is 0 Å². The van der Waals surface area contributed by atoms with Gasteiger partial charge in [0.15, 0.2) is 11.4 Å². The molecule has 0 spiro atoms. The third-order valence-electron chi connectivity index (χ3n) is 2.79. The summed E-state index contributed by atoms with van der Waals surface area (Å²) in [7, 11) is 0. The Kier molecular flexibility index (Phi) is 2.59. The Balaban J connectivity index is 2.34. The molecule has 1 unspecified atom stereocenters. The molecule has 1 aliphatic rings. The van der Waals surface area contributed by atoms with Gasteiger partial charge in [0.1, 0.15) is 0 Å². The zero-order chi connectivity index (χ0) is 12.0. The number of benzene rings is 1. The molecule has 1 aromatic rings. The Bertz CT molecular complexity index is 411. The Labute approximate surface area is 101 Å². The van der Waals surface area contributed by atoms with E-state index in [9.17, 15) is 4.79 Å². The van der Waals surface area contributed by atoms with Crippen molar-refractivity contribution in [2.75, 3.05) is 6.61 Å². The van der Waals surface area contributed by atoms with Gasteiger partial charge < -0.3 is 4.74 Å². The highest BCUT2D eigenvalue weighted by Crippen LogP contribution is 2.44. The predicted octanol–water partition coefficient (Wildman–Crippen LogP) is 3.18. The van der Waals surface area contributed by atoms with Gasteiger partial charge in [-0.25, -0.2) is 0 Å². The average molecular weight is 239 g/mol. The van der Waals surface area contributed by atoms with Crippen LogP contribution < -0.4 is 0 Å². The van der Waals surface area contributed by atoms with E-state index in [0.29, 0.717) is 11.6 Å². The van der Waals surface area contributed by atoms with E-state index in [2.05, 4.69) is 0 Å². The number of ether oxygens (including phenoxy) is 1. The average Bonchev–Trinajstić information content (AvgIpc) is 2.97. The van der Waals surface area contributed by atoms with E-state index in [0.717, 1.165) is 5.56 Å². The molecule has 3 heteroatoms. The maximum Gasteiger partial charge on any atom is 0.176 e. The molecule has 0 aromatic heterocycles. The van der Waals surface area contributed by atoms with Crippen LogP contribution in [0.25, 0.3) is 0 Å². The summed E-state index contributed by atoms with van der Waals surface area (Å²) in [6.45, 7) is 6.21. The lowest BCUT2D eigenvalue weighted by Crippen LogP contribution is -2.33. The summed E-state index contributed by atoms with van der Waals surface area (Å²) in [5.74, 6) is 0.127. The number of carbonyl (C=O) groups is 1. The highest BCUT2D eigenvalue weighted by Gasteiger charge is 2.56.